The van der Waals surface area contributed by atoms with Crippen LogP contribution >= 0.6 is 0 Å². The summed E-state index contributed by atoms with van der Waals surface area (Å²) in [4.78, 5) is 17.1. The Kier molecular flexibility index (Phi) is 5.98. The summed E-state index contributed by atoms with van der Waals surface area (Å²) in [5.74, 6) is 6.79. The Morgan fingerprint density at radius 1 is 1.12 bits per heavy atom. The fraction of sp³-hybridized carbons (Fsp3) is 0.333. The lowest BCUT2D eigenvalue weighted by Crippen LogP contribution is -2.50. The molecule has 0 unspecified atom stereocenters. The number of carbonyl (C=O) groups excluding carboxylic acids is 1. The van der Waals surface area contributed by atoms with Gasteiger partial charge in [-0.15, -0.1) is 5.92 Å². The van der Waals surface area contributed by atoms with Crippen LogP contribution in [0.25, 0.3) is 0 Å². The molecule has 0 spiro atoms. The van der Waals surface area contributed by atoms with Crippen molar-refractivity contribution in [3.05, 3.63) is 95.2 Å². The second-order valence-electron chi connectivity index (χ2n) is 9.71. The summed E-state index contributed by atoms with van der Waals surface area (Å²) in [5, 5.41) is 14.1. The Bertz CT molecular complexity index is 1250. The van der Waals surface area contributed by atoms with Gasteiger partial charge in [0.1, 0.15) is 11.4 Å². The summed E-state index contributed by atoms with van der Waals surface area (Å²) >= 11 is 0. The van der Waals surface area contributed by atoms with Gasteiger partial charge in [-0.3, -0.25) is 4.79 Å². The van der Waals surface area contributed by atoms with Gasteiger partial charge in [0.2, 0.25) is 0 Å². The summed E-state index contributed by atoms with van der Waals surface area (Å²) in [6, 6.07) is 22.3. The van der Waals surface area contributed by atoms with E-state index in [1.165, 1.54) is 16.7 Å². The maximum absolute atomic E-state index is 12.9. The van der Waals surface area contributed by atoms with Crippen LogP contribution in [0.3, 0.4) is 0 Å². The van der Waals surface area contributed by atoms with Crippen LogP contribution in [-0.2, 0) is 18.3 Å². The number of hydrogen-bond donors (Lipinski definition) is 2. The molecule has 1 fully saturated rings. The maximum atomic E-state index is 12.9. The van der Waals surface area contributed by atoms with Crippen molar-refractivity contribution in [3.63, 3.8) is 0 Å². The predicted octanol–water partition coefficient (Wildman–Crippen LogP) is 5.32. The molecule has 2 N–H and O–H groups in total. The minimum absolute atomic E-state index is 0.0629. The second kappa shape index (κ2) is 9.08. The molecule has 2 aliphatic rings. The monoisotopic (exact) mass is 450 g/mol. The first kappa shape index (κ1) is 22.4. The van der Waals surface area contributed by atoms with Crippen LogP contribution in [0.2, 0.25) is 0 Å². The summed E-state index contributed by atoms with van der Waals surface area (Å²) in [7, 11) is 0. The molecule has 4 nitrogen and oxygen atoms in total. The first-order valence-electron chi connectivity index (χ1n) is 12.1. The number of hydrogen-bond acceptors (Lipinski definition) is 3. The van der Waals surface area contributed by atoms with Crippen molar-refractivity contribution in [1.29, 1.82) is 0 Å². The minimum Gasteiger partial charge on any atom is -0.378 e. The van der Waals surface area contributed by atoms with Crippen molar-refractivity contribution >= 4 is 11.7 Å². The van der Waals surface area contributed by atoms with Crippen molar-refractivity contribution in [3.8, 4) is 11.8 Å². The van der Waals surface area contributed by atoms with E-state index >= 15 is 0 Å². The molecule has 34 heavy (non-hydrogen) atoms. The highest BCUT2D eigenvalue weighted by Crippen LogP contribution is 2.54. The normalized spacial score (nSPS) is 25.3. The molecule has 1 heterocycles. The summed E-state index contributed by atoms with van der Waals surface area (Å²) in [5.41, 5.74) is 3.57. The molecule has 4 heteroatoms. The van der Waals surface area contributed by atoms with Gasteiger partial charge in [-0.2, -0.15) is 0 Å². The number of fused-ring (bicyclic) bond motifs is 3. The molecule has 3 aromatic rings. The van der Waals surface area contributed by atoms with E-state index in [9.17, 15) is 9.90 Å². The van der Waals surface area contributed by atoms with Crippen LogP contribution in [0.1, 0.15) is 59.7 Å². The molecule has 0 radical (unpaired) electrons. The van der Waals surface area contributed by atoms with E-state index in [4.69, 9.17) is 0 Å². The zero-order chi connectivity index (χ0) is 23.6. The average Bonchev–Trinajstić information content (AvgIpc) is 2.85. The van der Waals surface area contributed by atoms with Gasteiger partial charge < -0.3 is 10.4 Å². The van der Waals surface area contributed by atoms with Crippen LogP contribution in [-0.4, -0.2) is 21.6 Å². The highest BCUT2D eigenvalue weighted by atomic mass is 16.3. The zero-order valence-corrected chi connectivity index (χ0v) is 19.6. The highest BCUT2D eigenvalue weighted by molar-refractivity contribution is 6.03. The number of nitrogens with zero attached hydrogens (tertiary/aromatic N) is 1. The number of benzene rings is 2. The fourth-order valence-corrected chi connectivity index (χ4v) is 6.09. The summed E-state index contributed by atoms with van der Waals surface area (Å²) in [6.07, 6.45) is 6.73. The van der Waals surface area contributed by atoms with E-state index in [1.807, 2.05) is 18.2 Å². The van der Waals surface area contributed by atoms with Gasteiger partial charge in [0.05, 0.1) is 0 Å². The lowest BCUT2D eigenvalue weighted by atomic mass is 9.52. The summed E-state index contributed by atoms with van der Waals surface area (Å²) in [6.45, 7) is 1.80. The number of carbonyl (C=O) groups is 1. The van der Waals surface area contributed by atoms with Crippen LogP contribution in [0.5, 0.6) is 0 Å². The molecule has 5 rings (SSSR count). The molecule has 0 bridgehead atoms. The number of aliphatic hydroxyl groups is 1. The molecule has 1 saturated carbocycles. The van der Waals surface area contributed by atoms with E-state index in [0.29, 0.717) is 30.1 Å². The van der Waals surface area contributed by atoms with Gasteiger partial charge in [-0.25, -0.2) is 4.98 Å². The van der Waals surface area contributed by atoms with E-state index in [1.54, 1.807) is 19.2 Å². The van der Waals surface area contributed by atoms with Gasteiger partial charge in [0.25, 0.3) is 5.91 Å². The Hall–Kier alpha value is -3.42. The van der Waals surface area contributed by atoms with Crippen LogP contribution in [0.4, 0.5) is 5.82 Å². The van der Waals surface area contributed by atoms with E-state index in [-0.39, 0.29) is 11.3 Å². The third kappa shape index (κ3) is 4.24. The molecular weight excluding hydrogens is 420 g/mol. The largest absolute Gasteiger partial charge is 0.378 e. The Labute approximate surface area is 201 Å². The molecule has 3 atom stereocenters. The highest BCUT2D eigenvalue weighted by Gasteiger charge is 2.51. The Morgan fingerprint density at radius 3 is 2.71 bits per heavy atom. The fourth-order valence-electron chi connectivity index (χ4n) is 6.09. The molecule has 2 aromatic carbocycles. The predicted molar refractivity (Wildman–Crippen MR) is 135 cm³/mol. The van der Waals surface area contributed by atoms with Crippen LogP contribution < -0.4 is 5.32 Å². The molecule has 1 aromatic heterocycles. The van der Waals surface area contributed by atoms with E-state index in [2.05, 4.69) is 64.6 Å². The van der Waals surface area contributed by atoms with Gasteiger partial charge >= 0.3 is 0 Å². The lowest BCUT2D eigenvalue weighted by Gasteiger charge is -2.52. The molecule has 1 amide bonds. The topological polar surface area (TPSA) is 62.2 Å². The second-order valence-corrected chi connectivity index (χ2v) is 9.71. The SMILES string of the molecule is CC#C[C@@]1(O)CC[C@@]2(Cc3ccccc3)c3ccc(C(=O)Nc4ccccn4)cc3CC[C@@H]2C1. The number of aryl methyl sites for hydroxylation is 1. The Balaban J connectivity index is 1.50. The molecular formula is C30H30N2O2. The molecule has 0 saturated heterocycles. The van der Waals surface area contributed by atoms with Crippen molar-refractivity contribution in [2.45, 2.75) is 56.5 Å². The first-order valence-corrected chi connectivity index (χ1v) is 12.1. The maximum Gasteiger partial charge on any atom is 0.256 e. The Morgan fingerprint density at radius 2 is 1.94 bits per heavy atom. The van der Waals surface area contributed by atoms with Crippen LogP contribution in [0.15, 0.2) is 72.9 Å². The lowest BCUT2D eigenvalue weighted by molar-refractivity contribution is -0.00801. The van der Waals surface area contributed by atoms with Crippen LogP contribution in [0, 0.1) is 17.8 Å². The number of amides is 1. The average molecular weight is 451 g/mol. The number of rotatable bonds is 4. The standard InChI is InChI=1S/C30H30N2O2/c1-2-15-29(34)16-17-30(20-22-8-4-3-5-9-22)25(21-29)13-11-23-19-24(12-14-26(23)30)28(33)32-27-10-6-7-18-31-27/h3-10,12,14,18-19,25,34H,11,13,16-17,20-21H2,1H3,(H,31,32,33)/t25-,29-,30+/m1/s1. The van der Waals surface area contributed by atoms with Crippen molar-refractivity contribution in [1.82, 2.24) is 4.98 Å². The minimum atomic E-state index is -0.903. The summed E-state index contributed by atoms with van der Waals surface area (Å²) < 4.78 is 0. The van der Waals surface area contributed by atoms with Gasteiger partial charge in [0.15, 0.2) is 0 Å². The number of aromatic nitrogens is 1. The molecule has 2 aliphatic carbocycles. The van der Waals surface area contributed by atoms with Gasteiger partial charge in [0, 0.05) is 17.2 Å². The molecule has 0 aliphatic heterocycles. The van der Waals surface area contributed by atoms with Gasteiger partial charge in [-0.1, -0.05) is 48.4 Å². The molecule has 172 valence electrons. The third-order valence-corrected chi connectivity index (χ3v) is 7.64. The van der Waals surface area contributed by atoms with Crippen molar-refractivity contribution < 1.29 is 9.90 Å². The number of nitrogens with one attached hydrogen (secondary N) is 1. The van der Waals surface area contributed by atoms with E-state index in [0.717, 1.165) is 25.7 Å². The van der Waals surface area contributed by atoms with Crippen molar-refractivity contribution in [2.75, 3.05) is 5.32 Å². The number of anilines is 1. The quantitative estimate of drug-likeness (QED) is 0.529. The zero-order valence-electron chi connectivity index (χ0n) is 19.6. The van der Waals surface area contributed by atoms with E-state index < -0.39 is 5.60 Å². The van der Waals surface area contributed by atoms with Crippen molar-refractivity contribution in [2.24, 2.45) is 5.92 Å². The van der Waals surface area contributed by atoms with Gasteiger partial charge in [-0.05, 0) is 92.3 Å². The smallest absolute Gasteiger partial charge is 0.256 e. The number of pyridine rings is 1. The third-order valence-electron chi connectivity index (χ3n) is 7.64. The first-order chi connectivity index (χ1) is 16.5.